The van der Waals surface area contributed by atoms with E-state index in [9.17, 15) is 8.42 Å². The van der Waals surface area contributed by atoms with Crippen LogP contribution in [-0.2, 0) is 9.84 Å². The maximum absolute atomic E-state index is 12.2. The monoisotopic (exact) mass is 322 g/mol. The van der Waals surface area contributed by atoms with Gasteiger partial charge in [0.2, 0.25) is 0 Å². The smallest absolute Gasteiger partial charge is 0.166 e. The lowest BCUT2D eigenvalue weighted by Gasteiger charge is -2.39. The molecule has 1 aliphatic rings. The number of sulfone groups is 1. The lowest BCUT2D eigenvalue weighted by atomic mass is 9.92. The highest BCUT2D eigenvalue weighted by Crippen LogP contribution is 2.25. The summed E-state index contributed by atoms with van der Waals surface area (Å²) >= 11 is 1.76. The van der Waals surface area contributed by atoms with Crippen molar-refractivity contribution >= 4 is 21.6 Å². The van der Waals surface area contributed by atoms with Gasteiger partial charge in [-0.05, 0) is 18.4 Å². The van der Waals surface area contributed by atoms with Crippen molar-refractivity contribution < 1.29 is 8.42 Å². The lowest BCUT2D eigenvalue weighted by molar-refractivity contribution is 0.171. The summed E-state index contributed by atoms with van der Waals surface area (Å²) in [6.07, 6.45) is 1.13. The fourth-order valence-corrected chi connectivity index (χ4v) is 5.61. The second-order valence-electron chi connectivity index (χ2n) is 6.29. The molecule has 0 radical (unpaired) electrons. The Labute approximate surface area is 129 Å². The molecule has 120 valence electrons. The summed E-state index contributed by atoms with van der Waals surface area (Å²) in [5, 5.41) is 3.16. The summed E-state index contributed by atoms with van der Waals surface area (Å²) in [5.74, 6) is 1.99. The molecule has 1 aliphatic heterocycles. The summed E-state index contributed by atoms with van der Waals surface area (Å²) in [7, 11) is -2.98. The minimum absolute atomic E-state index is 0.0959. The first kappa shape index (κ1) is 18.3. The first-order valence-electron chi connectivity index (χ1n) is 7.56. The summed E-state index contributed by atoms with van der Waals surface area (Å²) in [6, 6.07) is 0. The third kappa shape index (κ3) is 5.54. The number of nitrogens with one attached hydrogen (secondary N) is 1. The second-order valence-corrected chi connectivity index (χ2v) is 9.89. The molecular formula is C14H30N2O2S2. The lowest BCUT2D eigenvalue weighted by Crippen LogP contribution is -2.52. The average molecular weight is 323 g/mol. The molecule has 0 aliphatic carbocycles. The van der Waals surface area contributed by atoms with Gasteiger partial charge in [-0.25, -0.2) is 8.42 Å². The maximum atomic E-state index is 12.2. The molecule has 4 nitrogen and oxygen atoms in total. The minimum atomic E-state index is -2.98. The highest BCUT2D eigenvalue weighted by molar-refractivity contribution is 8.01. The summed E-state index contributed by atoms with van der Waals surface area (Å²) in [5.41, 5.74) is 0.0959. The molecule has 1 atom stereocenters. The predicted octanol–water partition coefficient (Wildman–Crippen LogP) is 1.82. The zero-order valence-corrected chi connectivity index (χ0v) is 14.9. The molecule has 1 heterocycles. The van der Waals surface area contributed by atoms with Crippen LogP contribution in [0, 0.1) is 5.41 Å². The molecule has 1 unspecified atom stereocenters. The molecule has 1 saturated heterocycles. The van der Waals surface area contributed by atoms with Crippen molar-refractivity contribution in [3.8, 4) is 0 Å². The number of rotatable bonds is 8. The van der Waals surface area contributed by atoms with Gasteiger partial charge in [0.15, 0.2) is 9.84 Å². The Morgan fingerprint density at radius 2 is 2.05 bits per heavy atom. The zero-order chi connectivity index (χ0) is 15.2. The highest BCUT2D eigenvalue weighted by atomic mass is 32.2. The predicted molar refractivity (Wildman–Crippen MR) is 89.1 cm³/mol. The third-order valence-electron chi connectivity index (χ3n) is 3.67. The molecule has 1 fully saturated rings. The van der Waals surface area contributed by atoms with Crippen molar-refractivity contribution in [2.24, 2.45) is 5.41 Å². The van der Waals surface area contributed by atoms with Crippen LogP contribution in [0.25, 0.3) is 0 Å². The van der Waals surface area contributed by atoms with E-state index in [1.807, 2.05) is 0 Å². The van der Waals surface area contributed by atoms with E-state index in [1.165, 1.54) is 0 Å². The van der Waals surface area contributed by atoms with Gasteiger partial charge < -0.3 is 5.32 Å². The van der Waals surface area contributed by atoms with Crippen LogP contribution < -0.4 is 5.32 Å². The fourth-order valence-electron chi connectivity index (χ4n) is 2.53. The molecular weight excluding hydrogens is 292 g/mol. The van der Waals surface area contributed by atoms with Gasteiger partial charge in [0, 0.05) is 36.9 Å². The van der Waals surface area contributed by atoms with E-state index < -0.39 is 9.84 Å². The summed E-state index contributed by atoms with van der Waals surface area (Å²) in [6.45, 7) is 12.0. The van der Waals surface area contributed by atoms with Crippen LogP contribution in [0.15, 0.2) is 0 Å². The average Bonchev–Trinajstić information content (AvgIpc) is 2.39. The van der Waals surface area contributed by atoms with Crippen molar-refractivity contribution in [1.82, 2.24) is 10.2 Å². The molecule has 0 saturated carbocycles. The molecule has 0 aromatic rings. The van der Waals surface area contributed by atoms with Crippen molar-refractivity contribution in [3.63, 3.8) is 0 Å². The van der Waals surface area contributed by atoms with Crippen LogP contribution in [0.5, 0.6) is 0 Å². The van der Waals surface area contributed by atoms with Gasteiger partial charge in [0.25, 0.3) is 0 Å². The summed E-state index contributed by atoms with van der Waals surface area (Å²) in [4.78, 5) is 2.18. The Kier molecular flexibility index (Phi) is 7.32. The van der Waals surface area contributed by atoms with Crippen molar-refractivity contribution in [2.45, 2.75) is 39.5 Å². The Balaban J connectivity index is 2.66. The second kappa shape index (κ2) is 8.01. The van der Waals surface area contributed by atoms with Gasteiger partial charge >= 0.3 is 0 Å². The van der Waals surface area contributed by atoms with Crippen molar-refractivity contribution in [1.29, 1.82) is 0 Å². The van der Waals surface area contributed by atoms with E-state index in [0.717, 1.165) is 38.4 Å². The van der Waals surface area contributed by atoms with Gasteiger partial charge in [-0.15, -0.1) is 0 Å². The van der Waals surface area contributed by atoms with Crippen LogP contribution in [0.1, 0.15) is 34.1 Å². The maximum Gasteiger partial charge on any atom is 0.166 e. The molecule has 0 bridgehead atoms. The summed E-state index contributed by atoms with van der Waals surface area (Å²) < 4.78 is 24.5. The van der Waals surface area contributed by atoms with Gasteiger partial charge in [-0.3, -0.25) is 4.90 Å². The molecule has 1 rings (SSSR count). The molecule has 1 N–H and O–H groups in total. The fraction of sp³-hybridized carbons (Fsp3) is 1.00. The minimum Gasteiger partial charge on any atom is -0.316 e. The first-order chi connectivity index (χ1) is 9.32. The molecule has 0 aromatic carbocycles. The zero-order valence-electron chi connectivity index (χ0n) is 13.3. The van der Waals surface area contributed by atoms with Gasteiger partial charge in [-0.2, -0.15) is 11.8 Å². The Hall–Kier alpha value is 0.220. The van der Waals surface area contributed by atoms with E-state index in [0.29, 0.717) is 5.75 Å². The van der Waals surface area contributed by atoms with Gasteiger partial charge in [0.05, 0.1) is 0 Å². The largest absolute Gasteiger partial charge is 0.316 e. The molecule has 6 heteroatoms. The van der Waals surface area contributed by atoms with Gasteiger partial charge in [-0.1, -0.05) is 27.7 Å². The van der Waals surface area contributed by atoms with Crippen LogP contribution in [0.3, 0.4) is 0 Å². The van der Waals surface area contributed by atoms with Crippen LogP contribution in [-0.4, -0.2) is 62.1 Å². The number of thioether (sulfide) groups is 1. The first-order valence-corrected chi connectivity index (χ1v) is 10.4. The molecule has 0 spiro atoms. The van der Waals surface area contributed by atoms with E-state index in [1.54, 1.807) is 18.7 Å². The molecule has 20 heavy (non-hydrogen) atoms. The molecule has 0 aromatic heterocycles. The van der Waals surface area contributed by atoms with Crippen LogP contribution in [0.2, 0.25) is 0 Å². The number of hydrogen-bond acceptors (Lipinski definition) is 5. The standard InChI is InChI=1S/C14H30N2O2S2/c1-5-7-15-11-14(3,4)12-16-8-9-19-10-13(16)20(17,18)6-2/h13,15H,5-12H2,1-4H3. The number of hydrogen-bond donors (Lipinski definition) is 1. The highest BCUT2D eigenvalue weighted by Gasteiger charge is 2.35. The van der Waals surface area contributed by atoms with Crippen LogP contribution >= 0.6 is 11.8 Å². The van der Waals surface area contributed by atoms with E-state index in [2.05, 4.69) is 31.0 Å². The third-order valence-corrected chi connectivity index (χ3v) is 7.00. The SMILES string of the molecule is CCCNCC(C)(C)CN1CCSCC1S(=O)(=O)CC. The van der Waals surface area contributed by atoms with E-state index >= 15 is 0 Å². The van der Waals surface area contributed by atoms with Crippen LogP contribution in [0.4, 0.5) is 0 Å². The topological polar surface area (TPSA) is 49.4 Å². The van der Waals surface area contributed by atoms with Crippen molar-refractivity contribution in [3.05, 3.63) is 0 Å². The van der Waals surface area contributed by atoms with Gasteiger partial charge in [0.1, 0.15) is 5.37 Å². The quantitative estimate of drug-likeness (QED) is 0.691. The normalized spacial score (nSPS) is 22.1. The van der Waals surface area contributed by atoms with E-state index in [-0.39, 0.29) is 16.5 Å². The number of nitrogens with zero attached hydrogens (tertiary/aromatic N) is 1. The Morgan fingerprint density at radius 3 is 2.65 bits per heavy atom. The van der Waals surface area contributed by atoms with Crippen molar-refractivity contribution in [2.75, 3.05) is 43.4 Å². The Bertz CT molecular complexity index is 383. The molecule has 0 amide bonds. The Morgan fingerprint density at radius 1 is 1.35 bits per heavy atom. The van der Waals surface area contributed by atoms with E-state index in [4.69, 9.17) is 0 Å².